The first-order valence-electron chi connectivity index (χ1n) is 8.61. The van der Waals surface area contributed by atoms with Crippen LogP contribution in [0.15, 0.2) is 30.3 Å². The van der Waals surface area contributed by atoms with Gasteiger partial charge in [0.05, 0.1) is 0 Å². The summed E-state index contributed by atoms with van der Waals surface area (Å²) in [5.41, 5.74) is 6.97. The second kappa shape index (κ2) is 8.68. The molecule has 0 aliphatic carbocycles. The maximum Gasteiger partial charge on any atom is 0.318 e. The molecule has 6 heteroatoms. The highest BCUT2D eigenvalue weighted by Crippen LogP contribution is 2.15. The molecule has 6 nitrogen and oxygen atoms in total. The maximum absolute atomic E-state index is 12.8. The van der Waals surface area contributed by atoms with Crippen LogP contribution < -0.4 is 16.4 Å². The van der Waals surface area contributed by atoms with Gasteiger partial charge in [-0.3, -0.25) is 4.79 Å². The standard InChI is InChI=1S/C18H28N4O2/c1-13(2)16(22-10-6-9-20-18(22)24)17(23)21-15(12-19)11-14-7-4-3-5-8-14/h3-5,7-8,13,15-16H,6,9-12,19H2,1-2H3,(H,20,24)(H,21,23). The van der Waals surface area contributed by atoms with Gasteiger partial charge in [0.2, 0.25) is 5.91 Å². The summed E-state index contributed by atoms with van der Waals surface area (Å²) in [5.74, 6) is -0.0996. The first kappa shape index (κ1) is 18.3. The van der Waals surface area contributed by atoms with Crippen molar-refractivity contribution in [1.82, 2.24) is 15.5 Å². The summed E-state index contributed by atoms with van der Waals surface area (Å²) in [6, 6.07) is 9.16. The molecule has 1 heterocycles. The Morgan fingerprint density at radius 3 is 2.62 bits per heavy atom. The molecule has 3 amide bonds. The van der Waals surface area contributed by atoms with E-state index in [0.29, 0.717) is 26.1 Å². The molecule has 1 aliphatic rings. The molecule has 0 bridgehead atoms. The normalized spacial score (nSPS) is 17.3. The molecular weight excluding hydrogens is 304 g/mol. The second-order valence-corrected chi connectivity index (χ2v) is 6.60. The Kier molecular flexibility index (Phi) is 6.61. The third-order valence-corrected chi connectivity index (χ3v) is 4.30. The van der Waals surface area contributed by atoms with Crippen LogP contribution >= 0.6 is 0 Å². The third-order valence-electron chi connectivity index (χ3n) is 4.30. The Hall–Kier alpha value is -2.08. The predicted molar refractivity (Wildman–Crippen MR) is 94.5 cm³/mol. The number of carbonyl (C=O) groups is 2. The highest BCUT2D eigenvalue weighted by molar-refractivity contribution is 5.87. The molecule has 1 fully saturated rings. The van der Waals surface area contributed by atoms with Crippen molar-refractivity contribution in [1.29, 1.82) is 0 Å². The first-order chi connectivity index (χ1) is 11.5. The Bertz CT molecular complexity index is 547. The summed E-state index contributed by atoms with van der Waals surface area (Å²) in [7, 11) is 0. The van der Waals surface area contributed by atoms with Gasteiger partial charge in [0.25, 0.3) is 0 Å². The number of hydrogen-bond donors (Lipinski definition) is 3. The molecule has 2 rings (SSSR count). The number of amides is 3. The van der Waals surface area contributed by atoms with Crippen molar-refractivity contribution < 1.29 is 9.59 Å². The van der Waals surface area contributed by atoms with Crippen molar-refractivity contribution in [3.8, 4) is 0 Å². The van der Waals surface area contributed by atoms with Crippen LogP contribution in [0.1, 0.15) is 25.8 Å². The van der Waals surface area contributed by atoms with Gasteiger partial charge in [-0.1, -0.05) is 44.2 Å². The van der Waals surface area contributed by atoms with E-state index in [-0.39, 0.29) is 23.9 Å². The largest absolute Gasteiger partial charge is 0.350 e. The van der Waals surface area contributed by atoms with E-state index in [9.17, 15) is 9.59 Å². The second-order valence-electron chi connectivity index (χ2n) is 6.60. The summed E-state index contributed by atoms with van der Waals surface area (Å²) in [4.78, 5) is 26.5. The lowest BCUT2D eigenvalue weighted by atomic mass is 9.99. The molecule has 1 saturated heterocycles. The van der Waals surface area contributed by atoms with E-state index in [2.05, 4.69) is 10.6 Å². The van der Waals surface area contributed by atoms with Gasteiger partial charge in [0.1, 0.15) is 6.04 Å². The smallest absolute Gasteiger partial charge is 0.318 e. The molecule has 1 aliphatic heterocycles. The SMILES string of the molecule is CC(C)C(C(=O)NC(CN)Cc1ccccc1)N1CCCNC1=O. The molecule has 24 heavy (non-hydrogen) atoms. The van der Waals surface area contributed by atoms with Crippen LogP contribution in [-0.2, 0) is 11.2 Å². The fourth-order valence-electron chi connectivity index (χ4n) is 3.10. The molecule has 2 atom stereocenters. The lowest BCUT2D eigenvalue weighted by Crippen LogP contribution is -2.59. The number of nitrogens with two attached hydrogens (primary N) is 1. The number of rotatable bonds is 7. The Morgan fingerprint density at radius 2 is 2.04 bits per heavy atom. The highest BCUT2D eigenvalue weighted by atomic mass is 16.2. The molecular formula is C18H28N4O2. The lowest BCUT2D eigenvalue weighted by molar-refractivity contribution is -0.127. The van der Waals surface area contributed by atoms with Crippen molar-refractivity contribution in [2.75, 3.05) is 19.6 Å². The minimum absolute atomic E-state index is 0.0315. The monoisotopic (exact) mass is 332 g/mol. The molecule has 4 N–H and O–H groups in total. The zero-order valence-corrected chi connectivity index (χ0v) is 14.5. The van der Waals surface area contributed by atoms with E-state index in [1.165, 1.54) is 0 Å². The van der Waals surface area contributed by atoms with Crippen LogP contribution in [0.25, 0.3) is 0 Å². The van der Waals surface area contributed by atoms with Gasteiger partial charge in [-0.05, 0) is 24.3 Å². The van der Waals surface area contributed by atoms with Gasteiger partial charge in [0, 0.05) is 25.7 Å². The molecule has 0 saturated carbocycles. The van der Waals surface area contributed by atoms with Gasteiger partial charge in [-0.15, -0.1) is 0 Å². The molecule has 0 radical (unpaired) electrons. The summed E-state index contributed by atoms with van der Waals surface area (Å²) >= 11 is 0. The van der Waals surface area contributed by atoms with Crippen molar-refractivity contribution in [2.45, 2.75) is 38.8 Å². The van der Waals surface area contributed by atoms with Gasteiger partial charge in [-0.25, -0.2) is 4.79 Å². The summed E-state index contributed by atoms with van der Waals surface area (Å²) in [6.45, 7) is 5.55. The van der Waals surface area contributed by atoms with E-state index >= 15 is 0 Å². The Morgan fingerprint density at radius 1 is 1.33 bits per heavy atom. The predicted octanol–water partition coefficient (Wildman–Crippen LogP) is 1.11. The maximum atomic E-state index is 12.8. The molecule has 2 unspecified atom stereocenters. The fraction of sp³-hybridized carbons (Fsp3) is 0.556. The lowest BCUT2D eigenvalue weighted by Gasteiger charge is -2.36. The van der Waals surface area contributed by atoms with E-state index in [4.69, 9.17) is 5.73 Å². The minimum atomic E-state index is -0.477. The molecule has 0 aromatic heterocycles. The number of carbonyl (C=O) groups excluding carboxylic acids is 2. The third kappa shape index (κ3) is 4.71. The van der Waals surface area contributed by atoms with Crippen LogP contribution in [0.4, 0.5) is 4.79 Å². The van der Waals surface area contributed by atoms with Crippen LogP contribution in [0.5, 0.6) is 0 Å². The molecule has 1 aromatic carbocycles. The van der Waals surface area contributed by atoms with Gasteiger partial charge < -0.3 is 21.3 Å². The van der Waals surface area contributed by atoms with Crippen LogP contribution in [-0.4, -0.2) is 48.6 Å². The fourth-order valence-corrected chi connectivity index (χ4v) is 3.10. The van der Waals surface area contributed by atoms with Gasteiger partial charge in [0.15, 0.2) is 0 Å². The van der Waals surface area contributed by atoms with E-state index in [1.54, 1.807) is 4.90 Å². The number of hydrogen-bond acceptors (Lipinski definition) is 3. The first-order valence-corrected chi connectivity index (χ1v) is 8.61. The summed E-state index contributed by atoms with van der Waals surface area (Å²) in [6.07, 6.45) is 1.53. The highest BCUT2D eigenvalue weighted by Gasteiger charge is 2.34. The number of urea groups is 1. The summed E-state index contributed by atoms with van der Waals surface area (Å²) < 4.78 is 0. The quantitative estimate of drug-likeness (QED) is 0.699. The molecule has 1 aromatic rings. The van der Waals surface area contributed by atoms with Crippen molar-refractivity contribution in [2.24, 2.45) is 11.7 Å². The van der Waals surface area contributed by atoms with Crippen molar-refractivity contribution >= 4 is 11.9 Å². The average molecular weight is 332 g/mol. The zero-order valence-electron chi connectivity index (χ0n) is 14.5. The number of benzene rings is 1. The van der Waals surface area contributed by atoms with Gasteiger partial charge >= 0.3 is 6.03 Å². The van der Waals surface area contributed by atoms with Crippen LogP contribution in [0.2, 0.25) is 0 Å². The van der Waals surface area contributed by atoms with E-state index in [0.717, 1.165) is 12.0 Å². The number of nitrogens with zero attached hydrogens (tertiary/aromatic N) is 1. The minimum Gasteiger partial charge on any atom is -0.350 e. The Labute approximate surface area is 143 Å². The van der Waals surface area contributed by atoms with E-state index in [1.807, 2.05) is 44.2 Å². The zero-order chi connectivity index (χ0) is 17.5. The van der Waals surface area contributed by atoms with Crippen molar-refractivity contribution in [3.05, 3.63) is 35.9 Å². The van der Waals surface area contributed by atoms with Crippen LogP contribution in [0, 0.1) is 5.92 Å². The topological polar surface area (TPSA) is 87.5 Å². The average Bonchev–Trinajstić information content (AvgIpc) is 2.57. The van der Waals surface area contributed by atoms with Crippen LogP contribution in [0.3, 0.4) is 0 Å². The van der Waals surface area contributed by atoms with Crippen molar-refractivity contribution in [3.63, 3.8) is 0 Å². The molecule has 132 valence electrons. The number of nitrogens with one attached hydrogen (secondary N) is 2. The van der Waals surface area contributed by atoms with E-state index < -0.39 is 6.04 Å². The Balaban J connectivity index is 2.04. The van der Waals surface area contributed by atoms with Gasteiger partial charge in [-0.2, -0.15) is 0 Å². The molecule has 0 spiro atoms. The summed E-state index contributed by atoms with van der Waals surface area (Å²) in [5, 5.41) is 5.84.